The number of hydrogen-bond acceptors (Lipinski definition) is 5. The first-order valence-electron chi connectivity index (χ1n) is 12.5. The van der Waals surface area contributed by atoms with Crippen LogP contribution in [0.4, 0.5) is 5.69 Å². The van der Waals surface area contributed by atoms with E-state index >= 15 is 0 Å². The van der Waals surface area contributed by atoms with Gasteiger partial charge in [0.2, 0.25) is 21.8 Å². The Hall–Kier alpha value is -2.78. The minimum atomic E-state index is -3.59. The molecule has 0 radical (unpaired) electrons. The van der Waals surface area contributed by atoms with Gasteiger partial charge in [0.25, 0.3) is 0 Å². The number of ether oxygens (including phenoxy) is 1. The second kappa shape index (κ2) is 13.1. The zero-order valence-electron chi connectivity index (χ0n) is 21.7. The van der Waals surface area contributed by atoms with E-state index in [0.29, 0.717) is 16.5 Å². The molecule has 0 heterocycles. The molecule has 0 spiro atoms. The lowest BCUT2D eigenvalue weighted by atomic mass is 10.1. The highest BCUT2D eigenvalue weighted by Gasteiger charge is 2.29. The van der Waals surface area contributed by atoms with Gasteiger partial charge in [-0.25, -0.2) is 8.42 Å². The van der Waals surface area contributed by atoms with Gasteiger partial charge in [-0.1, -0.05) is 48.7 Å². The molecule has 1 atom stereocenters. The second-order valence-electron chi connectivity index (χ2n) is 9.42. The number of anilines is 1. The third-order valence-corrected chi connectivity index (χ3v) is 8.22. The number of amides is 2. The lowest BCUT2D eigenvalue weighted by Gasteiger charge is -2.30. The van der Waals surface area contributed by atoms with Crippen LogP contribution in [0.3, 0.4) is 0 Å². The summed E-state index contributed by atoms with van der Waals surface area (Å²) in [6, 6.07) is 13.4. The fourth-order valence-corrected chi connectivity index (χ4v) is 5.71. The van der Waals surface area contributed by atoms with E-state index < -0.39 is 16.1 Å². The number of nitrogens with zero attached hydrogens (tertiary/aromatic N) is 2. The van der Waals surface area contributed by atoms with Crippen LogP contribution in [0.5, 0.6) is 5.75 Å². The number of halogens is 1. The number of methoxy groups -OCH3 is 1. The van der Waals surface area contributed by atoms with Gasteiger partial charge >= 0.3 is 0 Å². The predicted molar refractivity (Wildman–Crippen MR) is 146 cm³/mol. The van der Waals surface area contributed by atoms with Gasteiger partial charge in [0.15, 0.2) is 0 Å². The first kappa shape index (κ1) is 28.8. The summed E-state index contributed by atoms with van der Waals surface area (Å²) in [5.74, 6) is 0.102. The summed E-state index contributed by atoms with van der Waals surface area (Å²) in [6.45, 7) is 2.02. The molecular formula is C27H36ClN3O5S. The van der Waals surface area contributed by atoms with Crippen LogP contribution in [0.25, 0.3) is 0 Å². The SMILES string of the molecule is COc1cccc(N(CCCC(=O)N(Cc2ccccc2Cl)[C@H](C)C(=O)NC2CCCC2)S(C)(=O)=O)c1. The lowest BCUT2D eigenvalue weighted by Crippen LogP contribution is -2.49. The van der Waals surface area contributed by atoms with E-state index in [1.807, 2.05) is 18.2 Å². The van der Waals surface area contributed by atoms with Gasteiger partial charge in [-0.05, 0) is 49.9 Å². The minimum Gasteiger partial charge on any atom is -0.497 e. The molecule has 0 bridgehead atoms. The molecular weight excluding hydrogens is 514 g/mol. The van der Waals surface area contributed by atoms with Crippen molar-refractivity contribution < 1.29 is 22.7 Å². The lowest BCUT2D eigenvalue weighted by molar-refractivity contribution is -0.140. The maximum absolute atomic E-state index is 13.4. The average molecular weight is 550 g/mol. The molecule has 1 aliphatic carbocycles. The van der Waals surface area contributed by atoms with Crippen molar-refractivity contribution in [3.8, 4) is 5.75 Å². The smallest absolute Gasteiger partial charge is 0.242 e. The zero-order valence-corrected chi connectivity index (χ0v) is 23.2. The summed E-state index contributed by atoms with van der Waals surface area (Å²) in [6.07, 6.45) is 5.55. The Balaban J connectivity index is 1.73. The van der Waals surface area contributed by atoms with Gasteiger partial charge in [-0.15, -0.1) is 0 Å². The Labute approximate surface area is 225 Å². The highest BCUT2D eigenvalue weighted by atomic mass is 35.5. The Morgan fingerprint density at radius 1 is 1.14 bits per heavy atom. The maximum Gasteiger partial charge on any atom is 0.242 e. The van der Waals surface area contributed by atoms with Crippen LogP contribution in [0.1, 0.15) is 51.0 Å². The number of nitrogens with one attached hydrogen (secondary N) is 1. The summed E-state index contributed by atoms with van der Waals surface area (Å²) in [5.41, 5.74) is 1.21. The second-order valence-corrected chi connectivity index (χ2v) is 11.7. The largest absolute Gasteiger partial charge is 0.497 e. The van der Waals surface area contributed by atoms with E-state index in [2.05, 4.69) is 5.32 Å². The van der Waals surface area contributed by atoms with E-state index in [0.717, 1.165) is 37.5 Å². The van der Waals surface area contributed by atoms with Crippen molar-refractivity contribution in [1.29, 1.82) is 0 Å². The van der Waals surface area contributed by atoms with Crippen LogP contribution in [-0.2, 0) is 26.2 Å². The molecule has 8 nitrogen and oxygen atoms in total. The molecule has 1 fully saturated rings. The van der Waals surface area contributed by atoms with Gasteiger partial charge in [0.1, 0.15) is 11.8 Å². The summed E-state index contributed by atoms with van der Waals surface area (Å²) in [7, 11) is -2.07. The number of hydrogen-bond donors (Lipinski definition) is 1. The van der Waals surface area contributed by atoms with E-state index in [1.165, 1.54) is 16.3 Å². The first-order valence-corrected chi connectivity index (χ1v) is 14.8. The summed E-state index contributed by atoms with van der Waals surface area (Å²) in [4.78, 5) is 28.0. The van der Waals surface area contributed by atoms with Crippen LogP contribution in [-0.4, -0.2) is 57.1 Å². The molecule has 37 heavy (non-hydrogen) atoms. The molecule has 0 aliphatic heterocycles. The molecule has 1 N–H and O–H groups in total. The molecule has 1 saturated carbocycles. The van der Waals surface area contributed by atoms with Crippen LogP contribution < -0.4 is 14.4 Å². The van der Waals surface area contributed by atoms with E-state index in [4.69, 9.17) is 16.3 Å². The third-order valence-electron chi connectivity index (χ3n) is 6.66. The van der Waals surface area contributed by atoms with Crippen molar-refractivity contribution in [2.24, 2.45) is 0 Å². The predicted octanol–water partition coefficient (Wildman–Crippen LogP) is 4.37. The normalized spacial score (nSPS) is 14.7. The molecule has 2 aromatic carbocycles. The molecule has 2 amide bonds. The summed E-state index contributed by atoms with van der Waals surface area (Å²) >= 11 is 6.36. The first-order chi connectivity index (χ1) is 17.6. The molecule has 202 valence electrons. The van der Waals surface area contributed by atoms with Gasteiger partial charge in [-0.2, -0.15) is 0 Å². The van der Waals surface area contributed by atoms with E-state index in [1.54, 1.807) is 37.3 Å². The zero-order chi connectivity index (χ0) is 27.0. The van der Waals surface area contributed by atoms with Crippen molar-refractivity contribution >= 4 is 39.1 Å². The van der Waals surface area contributed by atoms with Gasteiger partial charge in [0.05, 0.1) is 19.1 Å². The fourth-order valence-electron chi connectivity index (χ4n) is 4.55. The Morgan fingerprint density at radius 2 is 1.84 bits per heavy atom. The molecule has 3 rings (SSSR count). The summed E-state index contributed by atoms with van der Waals surface area (Å²) < 4.78 is 31.5. The number of carbonyl (C=O) groups is 2. The van der Waals surface area contributed by atoms with E-state index in [-0.39, 0.29) is 43.8 Å². The average Bonchev–Trinajstić information content (AvgIpc) is 3.38. The summed E-state index contributed by atoms with van der Waals surface area (Å²) in [5, 5.41) is 3.59. The molecule has 10 heteroatoms. The molecule has 0 aromatic heterocycles. The number of carbonyl (C=O) groups excluding carboxylic acids is 2. The quantitative estimate of drug-likeness (QED) is 0.424. The van der Waals surface area contributed by atoms with Crippen molar-refractivity contribution in [1.82, 2.24) is 10.2 Å². The third kappa shape index (κ3) is 8.10. The maximum atomic E-state index is 13.4. The number of sulfonamides is 1. The Morgan fingerprint density at radius 3 is 2.49 bits per heavy atom. The molecule has 2 aromatic rings. The topological polar surface area (TPSA) is 96.0 Å². The van der Waals surface area contributed by atoms with Crippen molar-refractivity contribution in [2.45, 2.75) is 64.1 Å². The van der Waals surface area contributed by atoms with Crippen molar-refractivity contribution in [3.05, 3.63) is 59.1 Å². The Kier molecular flexibility index (Phi) is 10.2. The minimum absolute atomic E-state index is 0.0709. The van der Waals surface area contributed by atoms with Gasteiger partial charge in [-0.3, -0.25) is 13.9 Å². The van der Waals surface area contributed by atoms with Gasteiger partial charge < -0.3 is 15.0 Å². The highest BCUT2D eigenvalue weighted by Crippen LogP contribution is 2.25. The standard InChI is InChI=1S/C27H36ClN3O5S/c1-20(27(33)29-22-11-5-6-12-22)30(19-21-10-4-7-15-25(21)28)26(32)16-9-17-31(37(3,34)35)23-13-8-14-24(18-23)36-2/h4,7-8,10,13-15,18,20,22H,5-6,9,11-12,16-17,19H2,1-3H3,(H,29,33)/t20-/m1/s1. The molecule has 1 aliphatic rings. The number of benzene rings is 2. The van der Waals surface area contributed by atoms with Gasteiger partial charge in [0, 0.05) is 36.6 Å². The Bertz CT molecular complexity index is 1180. The molecule has 0 saturated heterocycles. The van der Waals surface area contributed by atoms with E-state index in [9.17, 15) is 18.0 Å². The fraction of sp³-hybridized carbons (Fsp3) is 0.481. The van der Waals surface area contributed by atoms with Crippen LogP contribution in [0.2, 0.25) is 5.02 Å². The van der Waals surface area contributed by atoms with Crippen molar-refractivity contribution in [3.63, 3.8) is 0 Å². The van der Waals surface area contributed by atoms with Crippen LogP contribution in [0, 0.1) is 0 Å². The van der Waals surface area contributed by atoms with Crippen LogP contribution in [0.15, 0.2) is 48.5 Å². The highest BCUT2D eigenvalue weighted by molar-refractivity contribution is 7.92. The molecule has 0 unspecified atom stereocenters. The monoisotopic (exact) mass is 549 g/mol. The number of rotatable bonds is 12. The van der Waals surface area contributed by atoms with Crippen LogP contribution >= 0.6 is 11.6 Å². The van der Waals surface area contributed by atoms with Crippen molar-refractivity contribution in [2.75, 3.05) is 24.2 Å².